The molecule has 1 fully saturated rings. The largest absolute Gasteiger partial charge is 0.491 e. The second kappa shape index (κ2) is 11.5. The zero-order valence-electron chi connectivity index (χ0n) is 21.2. The van der Waals surface area contributed by atoms with E-state index < -0.39 is 11.9 Å². The van der Waals surface area contributed by atoms with E-state index in [4.69, 9.17) is 9.47 Å². The Bertz CT molecular complexity index is 1090. The van der Waals surface area contributed by atoms with E-state index in [0.29, 0.717) is 38.9 Å². The standard InChI is InChI=1S/C28H35N3O5/c1-19(2)36-24-9-6-7-20(16-24)15-22(27(33)35-3)17-26(32)30-13-11-23(12-14-30)31-18-21-8-4-5-10-25(21)29-28(31)34/h4-10,16,19,22-23H,11-15,17-18H2,1-3H3,(H,29,34). The van der Waals surface area contributed by atoms with Crippen LogP contribution >= 0.6 is 0 Å². The number of amides is 3. The van der Waals surface area contributed by atoms with Crippen molar-refractivity contribution < 1.29 is 23.9 Å². The van der Waals surface area contributed by atoms with Crippen LogP contribution in [0.3, 0.4) is 0 Å². The molecule has 1 saturated heterocycles. The fourth-order valence-electron chi connectivity index (χ4n) is 4.99. The lowest BCUT2D eigenvalue weighted by Gasteiger charge is -2.40. The molecule has 2 aliphatic rings. The van der Waals surface area contributed by atoms with Crippen LogP contribution in [0.5, 0.6) is 5.75 Å². The number of nitrogens with one attached hydrogen (secondary N) is 1. The summed E-state index contributed by atoms with van der Waals surface area (Å²) in [5, 5.41) is 2.97. The fraction of sp³-hybridized carbons (Fsp3) is 0.464. The topological polar surface area (TPSA) is 88.2 Å². The summed E-state index contributed by atoms with van der Waals surface area (Å²) in [5.74, 6) is -0.285. The number of para-hydroxylation sites is 1. The molecule has 4 rings (SSSR count). The molecule has 0 spiro atoms. The molecule has 0 aromatic heterocycles. The molecule has 2 aromatic carbocycles. The molecule has 1 unspecified atom stereocenters. The van der Waals surface area contributed by atoms with Crippen molar-refractivity contribution in [1.82, 2.24) is 9.80 Å². The van der Waals surface area contributed by atoms with Crippen molar-refractivity contribution >= 4 is 23.6 Å². The van der Waals surface area contributed by atoms with Crippen LogP contribution in [0.25, 0.3) is 0 Å². The number of methoxy groups -OCH3 is 1. The average molecular weight is 494 g/mol. The molecule has 2 heterocycles. The lowest BCUT2D eigenvalue weighted by atomic mass is 9.94. The summed E-state index contributed by atoms with van der Waals surface area (Å²) in [6.07, 6.45) is 1.95. The van der Waals surface area contributed by atoms with E-state index in [1.54, 1.807) is 4.90 Å². The first-order valence-corrected chi connectivity index (χ1v) is 12.6. The molecule has 2 aliphatic heterocycles. The molecular weight excluding hydrogens is 458 g/mol. The second-order valence-corrected chi connectivity index (χ2v) is 9.77. The van der Waals surface area contributed by atoms with Crippen LogP contribution in [0.2, 0.25) is 0 Å². The van der Waals surface area contributed by atoms with Crippen molar-refractivity contribution in [3.05, 3.63) is 59.7 Å². The zero-order valence-corrected chi connectivity index (χ0v) is 21.2. The molecule has 8 heteroatoms. The molecule has 0 bridgehead atoms. The second-order valence-electron chi connectivity index (χ2n) is 9.77. The molecule has 192 valence electrons. The number of carbonyl (C=O) groups is 3. The quantitative estimate of drug-likeness (QED) is 0.556. The van der Waals surface area contributed by atoms with Gasteiger partial charge in [-0.05, 0) is 62.4 Å². The summed E-state index contributed by atoms with van der Waals surface area (Å²) in [5.41, 5.74) is 2.88. The smallest absolute Gasteiger partial charge is 0.322 e. The Morgan fingerprint density at radius 1 is 1.08 bits per heavy atom. The van der Waals surface area contributed by atoms with Crippen LogP contribution in [-0.2, 0) is 27.3 Å². The van der Waals surface area contributed by atoms with Crippen molar-refractivity contribution in [2.24, 2.45) is 5.92 Å². The number of rotatable bonds is 8. The average Bonchev–Trinajstić information content (AvgIpc) is 2.87. The maximum atomic E-state index is 13.1. The van der Waals surface area contributed by atoms with Crippen LogP contribution < -0.4 is 10.1 Å². The summed E-state index contributed by atoms with van der Waals surface area (Å²) in [6, 6.07) is 15.4. The highest BCUT2D eigenvalue weighted by molar-refractivity contribution is 5.92. The van der Waals surface area contributed by atoms with E-state index in [1.165, 1.54) is 7.11 Å². The van der Waals surface area contributed by atoms with Crippen molar-refractivity contribution in [2.45, 2.75) is 58.2 Å². The van der Waals surface area contributed by atoms with E-state index in [-0.39, 0.29) is 30.5 Å². The van der Waals surface area contributed by atoms with E-state index in [1.807, 2.05) is 67.3 Å². The van der Waals surface area contributed by atoms with E-state index in [9.17, 15) is 14.4 Å². The summed E-state index contributed by atoms with van der Waals surface area (Å²) in [7, 11) is 1.35. The highest BCUT2D eigenvalue weighted by atomic mass is 16.5. The fourth-order valence-corrected chi connectivity index (χ4v) is 4.99. The Morgan fingerprint density at radius 3 is 2.56 bits per heavy atom. The minimum Gasteiger partial charge on any atom is -0.491 e. The number of carbonyl (C=O) groups excluding carboxylic acids is 3. The van der Waals surface area contributed by atoms with Crippen molar-refractivity contribution in [3.8, 4) is 5.75 Å². The molecule has 1 atom stereocenters. The van der Waals surface area contributed by atoms with E-state index in [2.05, 4.69) is 5.32 Å². The van der Waals surface area contributed by atoms with Gasteiger partial charge in [0.2, 0.25) is 5.91 Å². The summed E-state index contributed by atoms with van der Waals surface area (Å²) in [4.78, 5) is 42.0. The minimum absolute atomic E-state index is 0.0481. The van der Waals surface area contributed by atoms with Gasteiger partial charge < -0.3 is 24.6 Å². The van der Waals surface area contributed by atoms with Gasteiger partial charge in [0, 0.05) is 37.8 Å². The third-order valence-corrected chi connectivity index (χ3v) is 6.83. The van der Waals surface area contributed by atoms with Gasteiger partial charge in [-0.25, -0.2) is 4.79 Å². The van der Waals surface area contributed by atoms with Gasteiger partial charge in [0.05, 0.1) is 19.1 Å². The van der Waals surface area contributed by atoms with Gasteiger partial charge in [0.15, 0.2) is 0 Å². The number of fused-ring (bicyclic) bond motifs is 1. The first kappa shape index (κ1) is 25.5. The number of esters is 1. The highest BCUT2D eigenvalue weighted by Crippen LogP contribution is 2.28. The normalized spacial score (nSPS) is 16.8. The summed E-state index contributed by atoms with van der Waals surface area (Å²) in [6.45, 7) is 5.61. The molecule has 36 heavy (non-hydrogen) atoms. The maximum Gasteiger partial charge on any atom is 0.322 e. The lowest BCUT2D eigenvalue weighted by molar-refractivity contribution is -0.149. The molecule has 0 aliphatic carbocycles. The minimum atomic E-state index is -0.570. The van der Waals surface area contributed by atoms with Crippen LogP contribution in [0.1, 0.15) is 44.2 Å². The van der Waals surface area contributed by atoms with Gasteiger partial charge in [-0.3, -0.25) is 9.59 Å². The third kappa shape index (κ3) is 6.17. The predicted molar refractivity (Wildman–Crippen MR) is 137 cm³/mol. The SMILES string of the molecule is COC(=O)C(CC(=O)N1CCC(N2Cc3ccccc3NC2=O)CC1)Cc1cccc(OC(C)C)c1. The molecular formula is C28H35N3O5. The number of hydrogen-bond acceptors (Lipinski definition) is 5. The van der Waals surface area contributed by atoms with E-state index in [0.717, 1.165) is 22.6 Å². The molecule has 1 N–H and O–H groups in total. The number of anilines is 1. The first-order chi connectivity index (χ1) is 17.3. The zero-order chi connectivity index (χ0) is 25.7. The van der Waals surface area contributed by atoms with Gasteiger partial charge in [0.1, 0.15) is 5.75 Å². The number of likely N-dealkylation sites (tertiary alicyclic amines) is 1. The first-order valence-electron chi connectivity index (χ1n) is 12.6. The molecule has 3 amide bonds. The van der Waals surface area contributed by atoms with Crippen molar-refractivity contribution in [3.63, 3.8) is 0 Å². The van der Waals surface area contributed by atoms with Gasteiger partial charge in [-0.2, -0.15) is 0 Å². The number of piperidine rings is 1. The number of hydrogen-bond donors (Lipinski definition) is 1. The van der Waals surface area contributed by atoms with E-state index >= 15 is 0 Å². The Balaban J connectivity index is 1.34. The summed E-state index contributed by atoms with van der Waals surface area (Å²) < 4.78 is 10.8. The van der Waals surface area contributed by atoms with Crippen LogP contribution in [0, 0.1) is 5.92 Å². The van der Waals surface area contributed by atoms with Gasteiger partial charge in [-0.1, -0.05) is 30.3 Å². The van der Waals surface area contributed by atoms with Gasteiger partial charge >= 0.3 is 12.0 Å². The maximum absolute atomic E-state index is 13.1. The Hall–Kier alpha value is -3.55. The third-order valence-electron chi connectivity index (χ3n) is 6.83. The number of ether oxygens (including phenoxy) is 2. The number of urea groups is 1. The van der Waals surface area contributed by atoms with Gasteiger partial charge in [-0.15, -0.1) is 0 Å². The Morgan fingerprint density at radius 2 is 1.83 bits per heavy atom. The van der Waals surface area contributed by atoms with Gasteiger partial charge in [0.25, 0.3) is 0 Å². The Labute approximate surface area is 212 Å². The molecule has 0 saturated carbocycles. The molecule has 2 aromatic rings. The summed E-state index contributed by atoms with van der Waals surface area (Å²) >= 11 is 0. The van der Waals surface area contributed by atoms with Crippen molar-refractivity contribution in [1.29, 1.82) is 0 Å². The number of nitrogens with zero attached hydrogens (tertiary/aromatic N) is 2. The van der Waals surface area contributed by atoms with Crippen molar-refractivity contribution in [2.75, 3.05) is 25.5 Å². The predicted octanol–water partition coefficient (Wildman–Crippen LogP) is 4.23. The van der Waals surface area contributed by atoms with Crippen LogP contribution in [0.15, 0.2) is 48.5 Å². The Kier molecular flexibility index (Phi) is 8.13. The van der Waals surface area contributed by atoms with Crippen LogP contribution in [0.4, 0.5) is 10.5 Å². The monoisotopic (exact) mass is 493 g/mol. The lowest BCUT2D eigenvalue weighted by Crippen LogP contribution is -2.51. The van der Waals surface area contributed by atoms with Crippen LogP contribution in [-0.4, -0.2) is 60.1 Å². The number of benzene rings is 2. The highest BCUT2D eigenvalue weighted by Gasteiger charge is 2.33. The molecule has 8 nitrogen and oxygen atoms in total. The molecule has 0 radical (unpaired) electrons.